The van der Waals surface area contributed by atoms with Crippen molar-refractivity contribution >= 4 is 5.69 Å². The summed E-state index contributed by atoms with van der Waals surface area (Å²) in [6.07, 6.45) is 2.62. The van der Waals surface area contributed by atoms with Crippen LogP contribution in [0.5, 0.6) is 5.75 Å². The molecule has 0 radical (unpaired) electrons. The van der Waals surface area contributed by atoms with Crippen molar-refractivity contribution in [1.82, 2.24) is 4.90 Å². The molecule has 1 atom stereocenters. The second-order valence-electron chi connectivity index (χ2n) is 4.50. The molecule has 0 saturated carbocycles. The highest BCUT2D eigenvalue weighted by molar-refractivity contribution is 5.49. The molecule has 6 nitrogen and oxygen atoms in total. The first-order valence-electron chi connectivity index (χ1n) is 6.48. The van der Waals surface area contributed by atoms with Crippen molar-refractivity contribution < 1.29 is 14.8 Å². The van der Waals surface area contributed by atoms with Crippen LogP contribution in [0.4, 0.5) is 5.69 Å². The van der Waals surface area contributed by atoms with Gasteiger partial charge in [-0.25, -0.2) is 0 Å². The Labute approximate surface area is 124 Å². The first-order chi connectivity index (χ1) is 10.0. The molecule has 1 rings (SSSR count). The van der Waals surface area contributed by atoms with Crippen LogP contribution in [0, 0.1) is 10.1 Å². The monoisotopic (exact) mass is 292 g/mol. The first kappa shape index (κ1) is 16.9. The molecule has 1 N–H and O–H groups in total. The number of hydrogen-bond donors (Lipinski definition) is 1. The Bertz CT molecular complexity index is 506. The van der Waals surface area contributed by atoms with E-state index in [0.29, 0.717) is 25.2 Å². The Kier molecular flexibility index (Phi) is 6.58. The van der Waals surface area contributed by atoms with Crippen molar-refractivity contribution in [2.45, 2.75) is 6.10 Å². The van der Waals surface area contributed by atoms with Crippen LogP contribution in [0.15, 0.2) is 43.5 Å². The minimum Gasteiger partial charge on any atom is -0.490 e. The summed E-state index contributed by atoms with van der Waals surface area (Å²) in [6.45, 7) is 8.85. The zero-order valence-electron chi connectivity index (χ0n) is 12.1. The highest BCUT2D eigenvalue weighted by Crippen LogP contribution is 2.30. The lowest BCUT2D eigenvalue weighted by atomic mass is 10.1. The Morgan fingerprint density at radius 1 is 1.43 bits per heavy atom. The van der Waals surface area contributed by atoms with E-state index >= 15 is 0 Å². The Balaban J connectivity index is 2.93. The van der Waals surface area contributed by atoms with Crippen molar-refractivity contribution in [3.05, 3.63) is 59.2 Å². The summed E-state index contributed by atoms with van der Waals surface area (Å²) in [6, 6.07) is 4.45. The predicted molar refractivity (Wildman–Crippen MR) is 81.4 cm³/mol. The van der Waals surface area contributed by atoms with Gasteiger partial charge in [0.05, 0.1) is 18.1 Å². The van der Waals surface area contributed by atoms with Gasteiger partial charge in [0, 0.05) is 25.7 Å². The van der Waals surface area contributed by atoms with Crippen molar-refractivity contribution in [1.29, 1.82) is 0 Å². The molecule has 114 valence electrons. The summed E-state index contributed by atoms with van der Waals surface area (Å²) in [4.78, 5) is 12.4. The fourth-order valence-corrected chi connectivity index (χ4v) is 2.00. The molecular weight excluding hydrogens is 272 g/mol. The summed E-state index contributed by atoms with van der Waals surface area (Å²) < 4.78 is 4.94. The molecule has 0 aliphatic heterocycles. The number of ether oxygens (including phenoxy) is 1. The maximum atomic E-state index is 11.0. The van der Waals surface area contributed by atoms with E-state index in [1.165, 1.54) is 19.2 Å². The molecule has 0 saturated heterocycles. The van der Waals surface area contributed by atoms with Gasteiger partial charge in [0.15, 0.2) is 5.75 Å². The molecule has 1 aromatic rings. The Morgan fingerprint density at radius 3 is 2.52 bits per heavy atom. The van der Waals surface area contributed by atoms with Gasteiger partial charge >= 0.3 is 5.69 Å². The van der Waals surface area contributed by atoms with Crippen LogP contribution < -0.4 is 4.74 Å². The lowest BCUT2D eigenvalue weighted by Gasteiger charge is -2.22. The van der Waals surface area contributed by atoms with Crippen LogP contribution in [0.3, 0.4) is 0 Å². The zero-order valence-corrected chi connectivity index (χ0v) is 12.1. The standard InChI is InChI=1S/C15H20N2O4/c1-4-8-16(9-5-2)11-14(18)12-6-7-15(21-3)13(10-12)17(19)20/h4-7,10,14,18H,1-2,8-9,11H2,3H3. The van der Waals surface area contributed by atoms with Crippen molar-refractivity contribution in [2.24, 2.45) is 0 Å². The van der Waals surface area contributed by atoms with Crippen LogP contribution in [0.1, 0.15) is 11.7 Å². The average Bonchev–Trinajstić information content (AvgIpc) is 2.46. The summed E-state index contributed by atoms with van der Waals surface area (Å²) in [5.74, 6) is 0.171. The summed E-state index contributed by atoms with van der Waals surface area (Å²) in [5.41, 5.74) is 0.314. The number of nitro groups is 1. The molecule has 0 aliphatic rings. The Hall–Kier alpha value is -2.18. The largest absolute Gasteiger partial charge is 0.490 e. The number of aliphatic hydroxyl groups is 1. The van der Waals surface area contributed by atoms with E-state index < -0.39 is 11.0 Å². The lowest BCUT2D eigenvalue weighted by molar-refractivity contribution is -0.385. The molecule has 0 aliphatic carbocycles. The molecule has 1 aromatic carbocycles. The van der Waals surface area contributed by atoms with Crippen LogP contribution >= 0.6 is 0 Å². The highest BCUT2D eigenvalue weighted by atomic mass is 16.6. The smallest absolute Gasteiger partial charge is 0.311 e. The molecule has 0 spiro atoms. The Morgan fingerprint density at radius 2 is 2.05 bits per heavy atom. The van der Waals surface area contributed by atoms with E-state index in [4.69, 9.17) is 4.74 Å². The molecule has 0 fully saturated rings. The van der Waals surface area contributed by atoms with E-state index in [2.05, 4.69) is 13.2 Å². The normalized spacial score (nSPS) is 12.0. The van der Waals surface area contributed by atoms with Crippen LogP contribution in [-0.4, -0.2) is 41.7 Å². The molecule has 0 amide bonds. The van der Waals surface area contributed by atoms with E-state index in [0.717, 1.165) is 0 Å². The summed E-state index contributed by atoms with van der Waals surface area (Å²) >= 11 is 0. The molecule has 6 heteroatoms. The van der Waals surface area contributed by atoms with Gasteiger partial charge in [0.25, 0.3) is 0 Å². The van der Waals surface area contributed by atoms with Crippen molar-refractivity contribution in [3.63, 3.8) is 0 Å². The molecule has 0 heterocycles. The fraction of sp³-hybridized carbons (Fsp3) is 0.333. The van der Waals surface area contributed by atoms with Gasteiger partial charge in [-0.1, -0.05) is 18.2 Å². The van der Waals surface area contributed by atoms with Gasteiger partial charge in [-0.2, -0.15) is 0 Å². The number of methoxy groups -OCH3 is 1. The average molecular weight is 292 g/mol. The molecule has 0 bridgehead atoms. The maximum absolute atomic E-state index is 11.0. The van der Waals surface area contributed by atoms with Crippen molar-refractivity contribution in [3.8, 4) is 5.75 Å². The quantitative estimate of drug-likeness (QED) is 0.429. The van der Waals surface area contributed by atoms with Gasteiger partial charge in [0.2, 0.25) is 0 Å². The topological polar surface area (TPSA) is 75.8 Å². The van der Waals surface area contributed by atoms with Gasteiger partial charge in [-0.15, -0.1) is 13.2 Å². The molecule has 1 unspecified atom stereocenters. The molecule has 21 heavy (non-hydrogen) atoms. The van der Waals surface area contributed by atoms with Gasteiger partial charge in [-0.05, 0) is 11.6 Å². The zero-order chi connectivity index (χ0) is 15.8. The predicted octanol–water partition coefficient (Wildman–Crippen LogP) is 2.31. The van der Waals surface area contributed by atoms with Gasteiger partial charge in [0.1, 0.15) is 0 Å². The third kappa shape index (κ3) is 4.70. The van der Waals surface area contributed by atoms with E-state index in [1.54, 1.807) is 18.2 Å². The maximum Gasteiger partial charge on any atom is 0.311 e. The minimum atomic E-state index is -0.838. The summed E-state index contributed by atoms with van der Waals surface area (Å²) in [7, 11) is 1.37. The van der Waals surface area contributed by atoms with E-state index in [1.807, 2.05) is 4.90 Å². The lowest BCUT2D eigenvalue weighted by Crippen LogP contribution is -2.29. The number of hydrogen-bond acceptors (Lipinski definition) is 5. The van der Waals surface area contributed by atoms with Gasteiger partial charge < -0.3 is 9.84 Å². The summed E-state index contributed by atoms with van der Waals surface area (Å²) in [5, 5.41) is 21.2. The third-order valence-electron chi connectivity index (χ3n) is 2.99. The van der Waals surface area contributed by atoms with E-state index in [9.17, 15) is 15.2 Å². The van der Waals surface area contributed by atoms with Crippen LogP contribution in [-0.2, 0) is 0 Å². The molecule has 0 aromatic heterocycles. The highest BCUT2D eigenvalue weighted by Gasteiger charge is 2.19. The van der Waals surface area contributed by atoms with E-state index in [-0.39, 0.29) is 11.4 Å². The van der Waals surface area contributed by atoms with Crippen LogP contribution in [0.2, 0.25) is 0 Å². The SMILES string of the molecule is C=CCN(CC=C)CC(O)c1ccc(OC)c([N+](=O)[O-])c1. The first-order valence-corrected chi connectivity index (χ1v) is 6.48. The number of nitrogens with zero attached hydrogens (tertiary/aromatic N) is 2. The van der Waals surface area contributed by atoms with Crippen molar-refractivity contribution in [2.75, 3.05) is 26.7 Å². The number of benzene rings is 1. The number of aliphatic hydroxyl groups excluding tert-OH is 1. The fourth-order valence-electron chi connectivity index (χ4n) is 2.00. The minimum absolute atomic E-state index is 0.159. The number of nitro benzene ring substituents is 1. The number of rotatable bonds is 9. The third-order valence-corrected chi connectivity index (χ3v) is 2.99. The second-order valence-corrected chi connectivity index (χ2v) is 4.50. The molecular formula is C15H20N2O4. The second kappa shape index (κ2) is 8.18. The van der Waals surface area contributed by atoms with Crippen LogP contribution in [0.25, 0.3) is 0 Å². The van der Waals surface area contributed by atoms with Gasteiger partial charge in [-0.3, -0.25) is 15.0 Å².